The summed E-state index contributed by atoms with van der Waals surface area (Å²) in [6.07, 6.45) is 7.15. The van der Waals surface area contributed by atoms with Crippen LogP contribution in [0.4, 0.5) is 0 Å². The minimum Gasteiger partial charge on any atom is -0.394 e. The van der Waals surface area contributed by atoms with Crippen molar-refractivity contribution in [1.82, 2.24) is 5.32 Å². The molecule has 1 fully saturated rings. The lowest BCUT2D eigenvalue weighted by Crippen LogP contribution is -2.54. The predicted octanol–water partition coefficient (Wildman–Crippen LogP) is 3.73. The summed E-state index contributed by atoms with van der Waals surface area (Å²) in [4.78, 5) is 0. The molecule has 0 amide bonds. The molecule has 1 aliphatic rings. The molecular weight excluding hydrogens is 222 g/mol. The van der Waals surface area contributed by atoms with Gasteiger partial charge < -0.3 is 10.4 Å². The second-order valence-electron chi connectivity index (χ2n) is 7.01. The summed E-state index contributed by atoms with van der Waals surface area (Å²) in [6, 6.07) is 0.507. The van der Waals surface area contributed by atoms with E-state index in [0.717, 1.165) is 25.2 Å². The van der Waals surface area contributed by atoms with Crippen LogP contribution in [0.3, 0.4) is 0 Å². The smallest absolute Gasteiger partial charge is 0.0613 e. The van der Waals surface area contributed by atoms with Crippen LogP contribution in [0.15, 0.2) is 0 Å². The molecule has 108 valence electrons. The Bertz CT molecular complexity index is 241. The maximum absolute atomic E-state index is 9.77. The summed E-state index contributed by atoms with van der Waals surface area (Å²) in [7, 11) is 0. The summed E-state index contributed by atoms with van der Waals surface area (Å²) in [5, 5.41) is 13.4. The molecule has 2 nitrogen and oxygen atoms in total. The van der Waals surface area contributed by atoms with Crippen molar-refractivity contribution in [2.75, 3.05) is 6.61 Å². The average molecular weight is 255 g/mol. The second kappa shape index (κ2) is 6.38. The molecule has 0 radical (unpaired) electrons. The predicted molar refractivity (Wildman–Crippen MR) is 78.7 cm³/mol. The molecule has 1 aliphatic carbocycles. The fraction of sp³-hybridized carbons (Fsp3) is 1.00. The van der Waals surface area contributed by atoms with Gasteiger partial charge in [0, 0.05) is 11.6 Å². The molecule has 0 bridgehead atoms. The fourth-order valence-corrected chi connectivity index (χ4v) is 3.21. The van der Waals surface area contributed by atoms with Crippen LogP contribution in [0.1, 0.15) is 73.1 Å². The van der Waals surface area contributed by atoms with Gasteiger partial charge in [0.1, 0.15) is 0 Å². The van der Waals surface area contributed by atoms with Gasteiger partial charge >= 0.3 is 0 Å². The highest BCUT2D eigenvalue weighted by Crippen LogP contribution is 2.43. The van der Waals surface area contributed by atoms with Crippen LogP contribution in [0.25, 0.3) is 0 Å². The molecule has 2 heteroatoms. The highest BCUT2D eigenvalue weighted by atomic mass is 16.3. The van der Waals surface area contributed by atoms with Crippen molar-refractivity contribution in [2.45, 2.75) is 84.7 Å². The van der Waals surface area contributed by atoms with Crippen molar-refractivity contribution in [2.24, 2.45) is 11.3 Å². The number of aliphatic hydroxyl groups excluding tert-OH is 1. The van der Waals surface area contributed by atoms with Crippen LogP contribution in [-0.2, 0) is 0 Å². The van der Waals surface area contributed by atoms with Crippen LogP contribution in [0.2, 0.25) is 0 Å². The van der Waals surface area contributed by atoms with E-state index in [1.807, 2.05) is 0 Å². The Balaban J connectivity index is 2.59. The lowest BCUT2D eigenvalue weighted by atomic mass is 9.65. The van der Waals surface area contributed by atoms with Crippen LogP contribution in [0, 0.1) is 11.3 Å². The van der Waals surface area contributed by atoms with E-state index in [2.05, 4.69) is 39.9 Å². The normalized spacial score (nSPS) is 31.3. The molecule has 0 aromatic rings. The number of nitrogens with one attached hydrogen (secondary N) is 1. The van der Waals surface area contributed by atoms with E-state index in [1.54, 1.807) is 0 Å². The van der Waals surface area contributed by atoms with E-state index in [9.17, 15) is 5.11 Å². The molecule has 0 saturated heterocycles. The fourth-order valence-electron chi connectivity index (χ4n) is 3.21. The van der Waals surface area contributed by atoms with Gasteiger partial charge in [-0.3, -0.25) is 0 Å². The number of aliphatic hydroxyl groups is 1. The van der Waals surface area contributed by atoms with E-state index in [1.165, 1.54) is 19.3 Å². The molecule has 1 saturated carbocycles. The van der Waals surface area contributed by atoms with Crippen molar-refractivity contribution < 1.29 is 5.11 Å². The zero-order chi connectivity index (χ0) is 13.8. The Labute approximate surface area is 114 Å². The van der Waals surface area contributed by atoms with Crippen LogP contribution in [-0.4, -0.2) is 23.3 Å². The molecule has 0 aromatic carbocycles. The average Bonchev–Trinajstić information content (AvgIpc) is 2.39. The third kappa shape index (κ3) is 3.71. The molecule has 0 aromatic heterocycles. The minimum absolute atomic E-state index is 0.00422. The topological polar surface area (TPSA) is 32.3 Å². The van der Waals surface area contributed by atoms with Crippen molar-refractivity contribution >= 4 is 0 Å². The van der Waals surface area contributed by atoms with Gasteiger partial charge in [-0.25, -0.2) is 0 Å². The van der Waals surface area contributed by atoms with Gasteiger partial charge in [-0.15, -0.1) is 0 Å². The Kier molecular flexibility index (Phi) is 5.67. The summed E-state index contributed by atoms with van der Waals surface area (Å²) < 4.78 is 0. The quantitative estimate of drug-likeness (QED) is 0.758. The van der Waals surface area contributed by atoms with Gasteiger partial charge in [0.15, 0.2) is 0 Å². The van der Waals surface area contributed by atoms with E-state index in [-0.39, 0.29) is 12.1 Å². The standard InChI is InChI=1S/C16H33NO/c1-6-13(3)17-16(12-18)10-8-14(9-11-16)15(4,5)7-2/h13-14,17-18H,6-12H2,1-5H3. The molecule has 0 aliphatic heterocycles. The molecular formula is C16H33NO. The zero-order valence-electron chi connectivity index (χ0n) is 13.1. The van der Waals surface area contributed by atoms with Crippen LogP contribution < -0.4 is 5.32 Å². The van der Waals surface area contributed by atoms with Crippen molar-refractivity contribution in [1.29, 1.82) is 0 Å². The molecule has 0 spiro atoms. The molecule has 18 heavy (non-hydrogen) atoms. The van der Waals surface area contributed by atoms with Gasteiger partial charge in [-0.1, -0.05) is 34.1 Å². The van der Waals surface area contributed by atoms with E-state index in [4.69, 9.17) is 0 Å². The number of hydrogen-bond donors (Lipinski definition) is 2. The van der Waals surface area contributed by atoms with Crippen molar-refractivity contribution in [3.05, 3.63) is 0 Å². The van der Waals surface area contributed by atoms with Gasteiger partial charge in [0.25, 0.3) is 0 Å². The molecule has 1 unspecified atom stereocenters. The number of rotatable bonds is 6. The molecule has 1 rings (SSSR count). The van der Waals surface area contributed by atoms with E-state index >= 15 is 0 Å². The summed E-state index contributed by atoms with van der Waals surface area (Å²) in [5.74, 6) is 0.820. The first-order chi connectivity index (χ1) is 8.39. The Morgan fingerprint density at radius 2 is 1.83 bits per heavy atom. The lowest BCUT2D eigenvalue weighted by Gasteiger charge is -2.45. The van der Waals surface area contributed by atoms with Gasteiger partial charge in [-0.2, -0.15) is 0 Å². The molecule has 2 N–H and O–H groups in total. The Morgan fingerprint density at radius 1 is 1.28 bits per heavy atom. The van der Waals surface area contributed by atoms with Crippen molar-refractivity contribution in [3.8, 4) is 0 Å². The largest absolute Gasteiger partial charge is 0.394 e. The first-order valence-corrected chi connectivity index (χ1v) is 7.77. The highest BCUT2D eigenvalue weighted by molar-refractivity contribution is 4.96. The maximum atomic E-state index is 9.77. The molecule has 1 atom stereocenters. The molecule has 0 heterocycles. The SMILES string of the molecule is CCC(C)NC1(CO)CCC(C(C)(C)CC)CC1. The second-order valence-corrected chi connectivity index (χ2v) is 7.01. The van der Waals surface area contributed by atoms with Gasteiger partial charge in [0.2, 0.25) is 0 Å². The Hall–Kier alpha value is -0.0800. The van der Waals surface area contributed by atoms with Crippen molar-refractivity contribution in [3.63, 3.8) is 0 Å². The summed E-state index contributed by atoms with van der Waals surface area (Å²) in [5.41, 5.74) is 0.452. The lowest BCUT2D eigenvalue weighted by molar-refractivity contribution is 0.0548. The number of hydrogen-bond acceptors (Lipinski definition) is 2. The first kappa shape index (κ1) is 16.0. The zero-order valence-corrected chi connectivity index (χ0v) is 13.1. The first-order valence-electron chi connectivity index (χ1n) is 7.77. The van der Waals surface area contributed by atoms with Gasteiger partial charge in [0.05, 0.1) is 6.61 Å². The van der Waals surface area contributed by atoms with E-state index < -0.39 is 0 Å². The summed E-state index contributed by atoms with van der Waals surface area (Å²) >= 11 is 0. The van der Waals surface area contributed by atoms with Crippen LogP contribution >= 0.6 is 0 Å². The minimum atomic E-state index is -0.00422. The maximum Gasteiger partial charge on any atom is 0.0613 e. The monoisotopic (exact) mass is 255 g/mol. The van der Waals surface area contributed by atoms with E-state index in [0.29, 0.717) is 11.5 Å². The van der Waals surface area contributed by atoms with Gasteiger partial charge in [-0.05, 0) is 50.4 Å². The highest BCUT2D eigenvalue weighted by Gasteiger charge is 2.39. The third-order valence-electron chi connectivity index (χ3n) is 5.43. The summed E-state index contributed by atoms with van der Waals surface area (Å²) in [6.45, 7) is 11.8. The Morgan fingerprint density at radius 3 is 2.22 bits per heavy atom. The van der Waals surface area contributed by atoms with Crippen LogP contribution in [0.5, 0.6) is 0 Å². The third-order valence-corrected chi connectivity index (χ3v) is 5.43.